The van der Waals surface area contributed by atoms with Crippen LogP contribution in [0.25, 0.3) is 0 Å². The van der Waals surface area contributed by atoms with Gasteiger partial charge in [0, 0.05) is 24.3 Å². The smallest absolute Gasteiger partial charge is 0.306 e. The van der Waals surface area contributed by atoms with Crippen molar-refractivity contribution in [1.29, 1.82) is 0 Å². The molecule has 1 atom stereocenters. The van der Waals surface area contributed by atoms with E-state index < -0.39 is 0 Å². The Balaban J connectivity index is 1.43. The standard InChI is InChI=1S/C19H22N2O4/c22-17(13-25-19(24)12-14-4-1-2-5-14)20-15-7-9-16(10-8-15)21-11-3-6-18(21)23/h1,4,7-10,14H,2-3,5-6,11-13H2,(H,20,22)/t14-/m0/s1. The van der Waals surface area contributed by atoms with Crippen LogP contribution in [0, 0.1) is 5.92 Å². The maximum atomic E-state index is 11.9. The number of amides is 2. The summed E-state index contributed by atoms with van der Waals surface area (Å²) in [5.74, 6) is -0.368. The van der Waals surface area contributed by atoms with Crippen LogP contribution in [0.3, 0.4) is 0 Å². The van der Waals surface area contributed by atoms with Crippen molar-refractivity contribution in [3.8, 4) is 0 Å². The Morgan fingerprint density at radius 1 is 1.24 bits per heavy atom. The summed E-state index contributed by atoms with van der Waals surface area (Å²) in [6.07, 6.45) is 7.82. The molecule has 1 aliphatic heterocycles. The molecular weight excluding hydrogens is 320 g/mol. The van der Waals surface area contributed by atoms with E-state index in [0.717, 1.165) is 31.5 Å². The Morgan fingerprint density at radius 3 is 2.68 bits per heavy atom. The van der Waals surface area contributed by atoms with Gasteiger partial charge in [-0.15, -0.1) is 0 Å². The second kappa shape index (κ2) is 7.96. The van der Waals surface area contributed by atoms with E-state index in [9.17, 15) is 14.4 Å². The maximum absolute atomic E-state index is 11.9. The largest absolute Gasteiger partial charge is 0.456 e. The number of esters is 1. The van der Waals surface area contributed by atoms with E-state index in [1.54, 1.807) is 29.2 Å². The number of benzene rings is 1. The molecule has 132 valence electrons. The van der Waals surface area contributed by atoms with Gasteiger partial charge in [0.2, 0.25) is 5.91 Å². The number of carbonyl (C=O) groups excluding carboxylic acids is 3. The number of allylic oxidation sites excluding steroid dienone is 2. The van der Waals surface area contributed by atoms with Gasteiger partial charge in [-0.05, 0) is 49.4 Å². The molecular formula is C19H22N2O4. The molecule has 1 heterocycles. The van der Waals surface area contributed by atoms with Gasteiger partial charge in [-0.25, -0.2) is 0 Å². The van der Waals surface area contributed by atoms with Crippen molar-refractivity contribution in [3.05, 3.63) is 36.4 Å². The molecule has 0 spiro atoms. The number of nitrogens with zero attached hydrogens (tertiary/aromatic N) is 1. The first-order valence-corrected chi connectivity index (χ1v) is 8.64. The summed E-state index contributed by atoms with van der Waals surface area (Å²) < 4.78 is 5.02. The molecule has 1 fully saturated rings. The lowest BCUT2D eigenvalue weighted by atomic mass is 10.1. The van der Waals surface area contributed by atoms with E-state index in [1.807, 2.05) is 6.08 Å². The Hall–Kier alpha value is -2.63. The fraction of sp³-hybridized carbons (Fsp3) is 0.421. The third kappa shape index (κ3) is 4.68. The predicted molar refractivity (Wildman–Crippen MR) is 94.1 cm³/mol. The second-order valence-electron chi connectivity index (χ2n) is 6.37. The predicted octanol–water partition coefficient (Wildman–Crippen LogP) is 2.65. The summed E-state index contributed by atoms with van der Waals surface area (Å²) in [6.45, 7) is 0.443. The van der Waals surface area contributed by atoms with Crippen LogP contribution in [0.2, 0.25) is 0 Å². The first-order valence-electron chi connectivity index (χ1n) is 8.64. The van der Waals surface area contributed by atoms with Crippen molar-refractivity contribution >= 4 is 29.2 Å². The Morgan fingerprint density at radius 2 is 2.04 bits per heavy atom. The molecule has 1 aliphatic carbocycles. The molecule has 1 aromatic rings. The number of rotatable bonds is 6. The van der Waals surface area contributed by atoms with Crippen LogP contribution in [0.5, 0.6) is 0 Å². The Kier molecular flexibility index (Phi) is 5.48. The van der Waals surface area contributed by atoms with Crippen LogP contribution in [0.1, 0.15) is 32.1 Å². The van der Waals surface area contributed by atoms with E-state index >= 15 is 0 Å². The van der Waals surface area contributed by atoms with Crippen LogP contribution in [0.15, 0.2) is 36.4 Å². The zero-order valence-corrected chi connectivity index (χ0v) is 14.1. The molecule has 25 heavy (non-hydrogen) atoms. The average molecular weight is 342 g/mol. The maximum Gasteiger partial charge on any atom is 0.306 e. The monoisotopic (exact) mass is 342 g/mol. The molecule has 3 rings (SSSR count). The molecule has 6 heteroatoms. The SMILES string of the molecule is O=C(COC(=O)C[C@H]1C=CCC1)Nc1ccc(N2CCCC2=O)cc1. The highest BCUT2D eigenvalue weighted by Gasteiger charge is 2.21. The van der Waals surface area contributed by atoms with Crippen LogP contribution in [-0.2, 0) is 19.1 Å². The molecule has 0 aromatic heterocycles. The molecule has 0 saturated carbocycles. The molecule has 0 bridgehead atoms. The quantitative estimate of drug-likeness (QED) is 0.637. The van der Waals surface area contributed by atoms with E-state index in [0.29, 0.717) is 18.5 Å². The van der Waals surface area contributed by atoms with Crippen LogP contribution >= 0.6 is 0 Å². The summed E-state index contributed by atoms with van der Waals surface area (Å²) in [6, 6.07) is 7.09. The number of hydrogen-bond acceptors (Lipinski definition) is 4. The first-order chi connectivity index (χ1) is 12.1. The summed E-state index contributed by atoms with van der Waals surface area (Å²) >= 11 is 0. The zero-order valence-electron chi connectivity index (χ0n) is 14.1. The van der Waals surface area contributed by atoms with Gasteiger partial charge in [0.15, 0.2) is 6.61 Å². The van der Waals surface area contributed by atoms with Gasteiger partial charge in [-0.2, -0.15) is 0 Å². The van der Waals surface area contributed by atoms with Gasteiger partial charge in [0.05, 0.1) is 6.42 Å². The lowest BCUT2D eigenvalue weighted by Crippen LogP contribution is -2.24. The van der Waals surface area contributed by atoms with Crippen LogP contribution < -0.4 is 10.2 Å². The normalized spacial score (nSPS) is 19.3. The third-order valence-corrected chi connectivity index (χ3v) is 4.44. The molecule has 1 N–H and O–H groups in total. The van der Waals surface area contributed by atoms with E-state index in [4.69, 9.17) is 4.74 Å². The molecule has 6 nitrogen and oxygen atoms in total. The summed E-state index contributed by atoms with van der Waals surface area (Å²) in [5.41, 5.74) is 1.44. The first kappa shape index (κ1) is 17.2. The van der Waals surface area contributed by atoms with Gasteiger partial charge in [-0.3, -0.25) is 14.4 Å². The number of carbonyl (C=O) groups is 3. The highest BCUT2D eigenvalue weighted by atomic mass is 16.5. The van der Waals surface area contributed by atoms with Crippen LogP contribution in [-0.4, -0.2) is 30.9 Å². The number of ether oxygens (including phenoxy) is 1. The van der Waals surface area contributed by atoms with Gasteiger partial charge in [0.25, 0.3) is 5.91 Å². The van der Waals surface area contributed by atoms with E-state index in [1.165, 1.54) is 0 Å². The van der Waals surface area contributed by atoms with Crippen molar-refractivity contribution < 1.29 is 19.1 Å². The Labute approximate surface area is 146 Å². The minimum Gasteiger partial charge on any atom is -0.456 e. The molecule has 0 unspecified atom stereocenters. The minimum atomic E-state index is -0.375. The van der Waals surface area contributed by atoms with Crippen molar-refractivity contribution in [2.45, 2.75) is 32.1 Å². The van der Waals surface area contributed by atoms with Crippen molar-refractivity contribution in [3.63, 3.8) is 0 Å². The van der Waals surface area contributed by atoms with E-state index in [2.05, 4.69) is 11.4 Å². The lowest BCUT2D eigenvalue weighted by molar-refractivity contribution is -0.147. The summed E-state index contributed by atoms with van der Waals surface area (Å²) in [4.78, 5) is 37.0. The second-order valence-corrected chi connectivity index (χ2v) is 6.37. The lowest BCUT2D eigenvalue weighted by Gasteiger charge is -2.16. The van der Waals surface area contributed by atoms with Gasteiger partial charge < -0.3 is 15.0 Å². The third-order valence-electron chi connectivity index (χ3n) is 4.44. The molecule has 2 aliphatic rings. The van der Waals surface area contributed by atoms with Crippen molar-refractivity contribution in [1.82, 2.24) is 0 Å². The number of anilines is 2. The van der Waals surface area contributed by atoms with Gasteiger partial charge >= 0.3 is 5.97 Å². The minimum absolute atomic E-state index is 0.126. The fourth-order valence-corrected chi connectivity index (χ4v) is 3.13. The van der Waals surface area contributed by atoms with Crippen LogP contribution in [0.4, 0.5) is 11.4 Å². The van der Waals surface area contributed by atoms with Crippen molar-refractivity contribution in [2.75, 3.05) is 23.4 Å². The molecule has 2 amide bonds. The average Bonchev–Trinajstić information content (AvgIpc) is 3.25. The molecule has 1 saturated heterocycles. The summed E-state index contributed by atoms with van der Waals surface area (Å²) in [5, 5.41) is 2.69. The highest BCUT2D eigenvalue weighted by molar-refractivity contribution is 5.96. The summed E-state index contributed by atoms with van der Waals surface area (Å²) in [7, 11) is 0. The number of hydrogen-bond donors (Lipinski definition) is 1. The van der Waals surface area contributed by atoms with Crippen molar-refractivity contribution in [2.24, 2.45) is 5.92 Å². The topological polar surface area (TPSA) is 75.7 Å². The molecule has 1 aromatic carbocycles. The fourth-order valence-electron chi connectivity index (χ4n) is 3.13. The highest BCUT2D eigenvalue weighted by Crippen LogP contribution is 2.23. The zero-order chi connectivity index (χ0) is 17.6. The van der Waals surface area contributed by atoms with Gasteiger partial charge in [0.1, 0.15) is 0 Å². The Bertz CT molecular complexity index is 681. The van der Waals surface area contributed by atoms with Gasteiger partial charge in [-0.1, -0.05) is 12.2 Å². The number of nitrogens with one attached hydrogen (secondary N) is 1. The molecule has 0 radical (unpaired) electrons. The van der Waals surface area contributed by atoms with E-state index in [-0.39, 0.29) is 30.3 Å².